The van der Waals surface area contributed by atoms with Gasteiger partial charge in [-0.1, -0.05) is 20.8 Å². The Labute approximate surface area is 107 Å². The second-order valence-corrected chi connectivity index (χ2v) is 6.96. The number of hydrogen-bond donors (Lipinski definition) is 1. The second-order valence-electron chi connectivity index (χ2n) is 5.18. The van der Waals surface area contributed by atoms with Crippen LogP contribution >= 0.6 is 22.9 Å². The van der Waals surface area contributed by atoms with Crippen LogP contribution in [0.1, 0.15) is 36.9 Å². The zero-order valence-corrected chi connectivity index (χ0v) is 11.8. The topological polar surface area (TPSA) is 12.0 Å². The van der Waals surface area contributed by atoms with Crippen LogP contribution in [-0.4, -0.2) is 11.4 Å². The first-order valence-electron chi connectivity index (χ1n) is 5.99. The smallest absolute Gasteiger partial charge is 0.0416 e. The zero-order chi connectivity index (χ0) is 11.8. The average molecular weight is 258 g/mol. The van der Waals surface area contributed by atoms with Crippen LogP contribution in [0.4, 0.5) is 0 Å². The Kier molecular flexibility index (Phi) is 3.62. The molecule has 1 N–H and O–H groups in total. The molecule has 0 saturated heterocycles. The SMILES string of the molecule is CCc1ccc(CNC2CC(Cl)C2(C)C)s1. The average Bonchev–Trinajstić information content (AvgIpc) is 2.71. The Morgan fingerprint density at radius 2 is 2.12 bits per heavy atom. The number of rotatable bonds is 4. The Hall–Kier alpha value is -0.0500. The van der Waals surface area contributed by atoms with Crippen LogP contribution in [0.2, 0.25) is 0 Å². The summed E-state index contributed by atoms with van der Waals surface area (Å²) in [6, 6.07) is 5.04. The first kappa shape index (κ1) is 12.4. The summed E-state index contributed by atoms with van der Waals surface area (Å²) < 4.78 is 0. The third-order valence-corrected chi connectivity index (χ3v) is 5.71. The quantitative estimate of drug-likeness (QED) is 0.809. The molecule has 0 spiro atoms. The van der Waals surface area contributed by atoms with Gasteiger partial charge in [0.15, 0.2) is 0 Å². The van der Waals surface area contributed by atoms with Gasteiger partial charge in [-0.25, -0.2) is 0 Å². The molecule has 1 heterocycles. The highest BCUT2D eigenvalue weighted by Gasteiger charge is 2.46. The highest BCUT2D eigenvalue weighted by molar-refractivity contribution is 7.11. The molecule has 0 amide bonds. The van der Waals surface area contributed by atoms with Gasteiger partial charge < -0.3 is 5.32 Å². The van der Waals surface area contributed by atoms with Gasteiger partial charge in [-0.15, -0.1) is 22.9 Å². The Morgan fingerprint density at radius 1 is 1.44 bits per heavy atom. The van der Waals surface area contributed by atoms with Gasteiger partial charge in [0.25, 0.3) is 0 Å². The molecule has 1 aromatic rings. The van der Waals surface area contributed by atoms with Crippen molar-refractivity contribution in [1.29, 1.82) is 0 Å². The summed E-state index contributed by atoms with van der Waals surface area (Å²) in [7, 11) is 0. The molecule has 2 unspecified atom stereocenters. The van der Waals surface area contributed by atoms with Gasteiger partial charge in [0.05, 0.1) is 0 Å². The maximum atomic E-state index is 6.21. The van der Waals surface area contributed by atoms with Crippen molar-refractivity contribution in [3.8, 4) is 0 Å². The molecule has 2 atom stereocenters. The minimum absolute atomic E-state index is 0.242. The Bertz CT molecular complexity index is 359. The van der Waals surface area contributed by atoms with Gasteiger partial charge in [-0.3, -0.25) is 0 Å². The van der Waals surface area contributed by atoms with Crippen molar-refractivity contribution in [2.75, 3.05) is 0 Å². The highest BCUT2D eigenvalue weighted by atomic mass is 35.5. The van der Waals surface area contributed by atoms with Gasteiger partial charge in [-0.05, 0) is 30.4 Å². The summed E-state index contributed by atoms with van der Waals surface area (Å²) in [4.78, 5) is 2.91. The molecule has 3 heteroatoms. The molecule has 90 valence electrons. The van der Waals surface area contributed by atoms with Crippen LogP contribution in [0.25, 0.3) is 0 Å². The molecular weight excluding hydrogens is 238 g/mol. The van der Waals surface area contributed by atoms with E-state index in [2.05, 4.69) is 38.2 Å². The van der Waals surface area contributed by atoms with Crippen molar-refractivity contribution >= 4 is 22.9 Å². The van der Waals surface area contributed by atoms with Crippen molar-refractivity contribution < 1.29 is 0 Å². The standard InChI is InChI=1S/C13H20ClNS/c1-4-9-5-6-10(16-9)8-15-12-7-11(14)13(12,2)3/h5-6,11-12,15H,4,7-8H2,1-3H3. The van der Waals surface area contributed by atoms with Crippen LogP contribution in [0.3, 0.4) is 0 Å². The second kappa shape index (κ2) is 4.67. The van der Waals surface area contributed by atoms with Gasteiger partial charge in [0.1, 0.15) is 0 Å². The van der Waals surface area contributed by atoms with Crippen molar-refractivity contribution in [3.05, 3.63) is 21.9 Å². The van der Waals surface area contributed by atoms with Gasteiger partial charge in [0, 0.05) is 27.7 Å². The Balaban J connectivity index is 1.84. The first-order chi connectivity index (χ1) is 7.54. The summed E-state index contributed by atoms with van der Waals surface area (Å²) in [5.41, 5.74) is 0.242. The van der Waals surface area contributed by atoms with E-state index in [4.69, 9.17) is 11.6 Å². The molecule has 1 nitrogen and oxygen atoms in total. The summed E-state index contributed by atoms with van der Waals surface area (Å²) in [6.45, 7) is 7.69. The van der Waals surface area contributed by atoms with E-state index in [1.165, 1.54) is 9.75 Å². The fraction of sp³-hybridized carbons (Fsp3) is 0.692. The van der Waals surface area contributed by atoms with E-state index in [0.717, 1.165) is 19.4 Å². The fourth-order valence-electron chi connectivity index (χ4n) is 2.15. The third-order valence-electron chi connectivity index (χ3n) is 3.74. The molecule has 0 radical (unpaired) electrons. The number of halogens is 1. The van der Waals surface area contributed by atoms with Gasteiger partial charge >= 0.3 is 0 Å². The highest BCUT2D eigenvalue weighted by Crippen LogP contribution is 2.44. The van der Waals surface area contributed by atoms with E-state index in [-0.39, 0.29) is 5.41 Å². The summed E-state index contributed by atoms with van der Waals surface area (Å²) in [5.74, 6) is 0. The van der Waals surface area contributed by atoms with Crippen LogP contribution in [0, 0.1) is 5.41 Å². The van der Waals surface area contributed by atoms with Crippen LogP contribution in [0.15, 0.2) is 12.1 Å². The number of hydrogen-bond acceptors (Lipinski definition) is 2. The molecule has 1 aliphatic rings. The third kappa shape index (κ3) is 2.29. The lowest BCUT2D eigenvalue weighted by Crippen LogP contribution is -2.57. The minimum atomic E-state index is 0.242. The molecule has 1 aliphatic carbocycles. The lowest BCUT2D eigenvalue weighted by atomic mass is 9.67. The molecule has 1 saturated carbocycles. The van der Waals surface area contributed by atoms with Crippen LogP contribution in [0.5, 0.6) is 0 Å². The number of alkyl halides is 1. The predicted octanol–water partition coefficient (Wildman–Crippen LogP) is 3.81. The molecule has 0 aromatic carbocycles. The normalized spacial score (nSPS) is 27.8. The maximum absolute atomic E-state index is 6.21. The lowest BCUT2D eigenvalue weighted by molar-refractivity contribution is 0.116. The van der Waals surface area contributed by atoms with E-state index in [1.807, 2.05) is 11.3 Å². The molecule has 16 heavy (non-hydrogen) atoms. The zero-order valence-electron chi connectivity index (χ0n) is 10.2. The molecule has 2 rings (SSSR count). The lowest BCUT2D eigenvalue weighted by Gasteiger charge is -2.49. The van der Waals surface area contributed by atoms with Crippen molar-refractivity contribution in [1.82, 2.24) is 5.32 Å². The van der Waals surface area contributed by atoms with Gasteiger partial charge in [0.2, 0.25) is 0 Å². The maximum Gasteiger partial charge on any atom is 0.0416 e. The van der Waals surface area contributed by atoms with E-state index in [9.17, 15) is 0 Å². The summed E-state index contributed by atoms with van der Waals surface area (Å²) in [6.07, 6.45) is 2.24. The minimum Gasteiger partial charge on any atom is -0.308 e. The molecule has 0 aliphatic heterocycles. The molecule has 0 bridgehead atoms. The summed E-state index contributed by atoms with van der Waals surface area (Å²) >= 11 is 8.12. The van der Waals surface area contributed by atoms with Crippen molar-refractivity contribution in [2.45, 2.75) is 51.6 Å². The summed E-state index contributed by atoms with van der Waals surface area (Å²) in [5, 5.41) is 3.95. The monoisotopic (exact) mass is 257 g/mol. The van der Waals surface area contributed by atoms with E-state index in [1.54, 1.807) is 0 Å². The number of aryl methyl sites for hydroxylation is 1. The van der Waals surface area contributed by atoms with Gasteiger partial charge in [-0.2, -0.15) is 0 Å². The number of nitrogens with one attached hydrogen (secondary N) is 1. The fourth-order valence-corrected chi connectivity index (χ4v) is 3.39. The first-order valence-corrected chi connectivity index (χ1v) is 7.24. The van der Waals surface area contributed by atoms with Crippen LogP contribution < -0.4 is 5.32 Å². The van der Waals surface area contributed by atoms with E-state index in [0.29, 0.717) is 11.4 Å². The van der Waals surface area contributed by atoms with E-state index < -0.39 is 0 Å². The van der Waals surface area contributed by atoms with Crippen LogP contribution in [-0.2, 0) is 13.0 Å². The molecule has 1 fully saturated rings. The Morgan fingerprint density at radius 3 is 2.62 bits per heavy atom. The van der Waals surface area contributed by atoms with Crippen molar-refractivity contribution in [2.24, 2.45) is 5.41 Å². The molecular formula is C13H20ClNS. The molecule has 1 aromatic heterocycles. The van der Waals surface area contributed by atoms with Crippen molar-refractivity contribution in [3.63, 3.8) is 0 Å². The predicted molar refractivity (Wildman–Crippen MR) is 72.4 cm³/mol. The van der Waals surface area contributed by atoms with E-state index >= 15 is 0 Å². The largest absolute Gasteiger partial charge is 0.308 e. The number of thiophene rings is 1.